The van der Waals surface area contributed by atoms with Crippen molar-refractivity contribution in [3.8, 4) is 0 Å². The van der Waals surface area contributed by atoms with Crippen molar-refractivity contribution in [3.05, 3.63) is 0 Å². The summed E-state index contributed by atoms with van der Waals surface area (Å²) in [7, 11) is 0. The highest BCUT2D eigenvalue weighted by Crippen LogP contribution is 2.39. The van der Waals surface area contributed by atoms with Gasteiger partial charge in [0.15, 0.2) is 0 Å². The summed E-state index contributed by atoms with van der Waals surface area (Å²) >= 11 is 0. The molecule has 2 aliphatic rings. The molecule has 15 heavy (non-hydrogen) atoms. The first-order chi connectivity index (χ1) is 7.33. The van der Waals surface area contributed by atoms with E-state index in [1.54, 1.807) is 0 Å². The summed E-state index contributed by atoms with van der Waals surface area (Å²) in [6.07, 6.45) is 3.76. The Labute approximate surface area is 89.6 Å². The Morgan fingerprint density at radius 2 is 1.87 bits per heavy atom. The molecule has 1 saturated carbocycles. The largest absolute Gasteiger partial charge is 0.465 e. The van der Waals surface area contributed by atoms with Crippen molar-refractivity contribution in [2.45, 2.75) is 25.4 Å². The van der Waals surface area contributed by atoms with Gasteiger partial charge in [0.1, 0.15) is 12.4 Å². The Morgan fingerprint density at radius 1 is 1.20 bits per heavy atom. The van der Waals surface area contributed by atoms with Crippen molar-refractivity contribution >= 4 is 12.8 Å². The van der Waals surface area contributed by atoms with Gasteiger partial charge in [-0.3, -0.25) is 4.79 Å². The van der Waals surface area contributed by atoms with E-state index in [-0.39, 0.29) is 6.10 Å². The van der Waals surface area contributed by atoms with Gasteiger partial charge in [-0.15, -0.1) is 0 Å². The average molecular weight is 211 g/mol. The summed E-state index contributed by atoms with van der Waals surface area (Å²) in [5.74, 6) is 1.34. The van der Waals surface area contributed by atoms with Crippen molar-refractivity contribution in [1.82, 2.24) is 4.90 Å². The number of hydrogen-bond acceptors (Lipinski definition) is 4. The van der Waals surface area contributed by atoms with Crippen LogP contribution in [0, 0.1) is 11.8 Å². The highest BCUT2D eigenvalue weighted by Gasteiger charge is 2.41. The molecule has 0 amide bonds. The molecule has 2 rings (SSSR count). The summed E-state index contributed by atoms with van der Waals surface area (Å²) in [5.41, 5.74) is 0. The third kappa shape index (κ3) is 2.37. The molecule has 0 aromatic carbocycles. The van der Waals surface area contributed by atoms with E-state index < -0.39 is 0 Å². The average Bonchev–Trinajstić information content (AvgIpc) is 2.72. The predicted octanol–water partition coefficient (Wildman–Crippen LogP) is 0.459. The third-order valence-corrected chi connectivity index (χ3v) is 3.59. The number of fused-ring (bicyclic) bond motifs is 1. The molecule has 0 radical (unpaired) electrons. The van der Waals surface area contributed by atoms with Gasteiger partial charge in [-0.1, -0.05) is 0 Å². The minimum Gasteiger partial charge on any atom is -0.465 e. The molecule has 0 bridgehead atoms. The summed E-state index contributed by atoms with van der Waals surface area (Å²) in [4.78, 5) is 22.8. The Balaban J connectivity index is 1.77. The Hall–Kier alpha value is -0.900. The lowest BCUT2D eigenvalue weighted by atomic mass is 10.0. The topological polar surface area (TPSA) is 46.6 Å². The smallest absolute Gasteiger partial charge is 0.293 e. The molecule has 1 heterocycles. The van der Waals surface area contributed by atoms with Gasteiger partial charge in [-0.05, 0) is 24.7 Å². The first-order valence-electron chi connectivity index (χ1n) is 5.58. The van der Waals surface area contributed by atoms with Crippen LogP contribution in [0.5, 0.6) is 0 Å². The normalized spacial score (nSPS) is 35.1. The molecule has 0 N–H and O–H groups in total. The van der Waals surface area contributed by atoms with Crippen molar-refractivity contribution < 1.29 is 14.3 Å². The quantitative estimate of drug-likeness (QED) is 0.620. The molecule has 1 aliphatic carbocycles. The van der Waals surface area contributed by atoms with Gasteiger partial charge < -0.3 is 14.4 Å². The third-order valence-electron chi connectivity index (χ3n) is 3.59. The van der Waals surface area contributed by atoms with E-state index in [1.807, 2.05) is 0 Å². The van der Waals surface area contributed by atoms with E-state index in [0.717, 1.165) is 38.8 Å². The van der Waals surface area contributed by atoms with E-state index in [9.17, 15) is 9.59 Å². The molecule has 0 aromatic rings. The first-order valence-corrected chi connectivity index (χ1v) is 5.58. The van der Waals surface area contributed by atoms with Gasteiger partial charge in [0.25, 0.3) is 6.47 Å². The summed E-state index contributed by atoms with van der Waals surface area (Å²) in [6.45, 7) is 3.58. The number of likely N-dealkylation sites (tertiary alicyclic amines) is 1. The molecule has 2 atom stereocenters. The molecule has 4 nitrogen and oxygen atoms in total. The number of rotatable bonds is 5. The number of nitrogens with zero attached hydrogens (tertiary/aromatic N) is 1. The monoisotopic (exact) mass is 211 g/mol. The van der Waals surface area contributed by atoms with Crippen LogP contribution in [0.3, 0.4) is 0 Å². The second-order valence-electron chi connectivity index (χ2n) is 4.56. The van der Waals surface area contributed by atoms with Crippen LogP contribution in [0.25, 0.3) is 0 Å². The molecule has 2 unspecified atom stereocenters. The number of carbonyl (C=O) groups is 2. The van der Waals surface area contributed by atoms with E-state index in [4.69, 9.17) is 4.74 Å². The zero-order valence-corrected chi connectivity index (χ0v) is 8.80. The molecule has 84 valence electrons. The minimum atomic E-state index is 0.144. The van der Waals surface area contributed by atoms with Crippen LogP contribution in [-0.4, -0.2) is 43.4 Å². The minimum absolute atomic E-state index is 0.144. The molecule has 0 spiro atoms. The van der Waals surface area contributed by atoms with Crippen LogP contribution in [0.2, 0.25) is 0 Å². The van der Waals surface area contributed by atoms with Gasteiger partial charge in [0.2, 0.25) is 0 Å². The molecule has 2 fully saturated rings. The number of aldehydes is 1. The van der Waals surface area contributed by atoms with Gasteiger partial charge in [0.05, 0.1) is 0 Å². The molecular formula is C11H17NO3. The van der Waals surface area contributed by atoms with E-state index >= 15 is 0 Å². The molecule has 0 aromatic heterocycles. The van der Waals surface area contributed by atoms with Gasteiger partial charge in [0, 0.05) is 26.1 Å². The van der Waals surface area contributed by atoms with E-state index in [0.29, 0.717) is 24.7 Å². The zero-order valence-electron chi connectivity index (χ0n) is 8.80. The lowest BCUT2D eigenvalue weighted by molar-refractivity contribution is -0.133. The number of carbonyl (C=O) groups excluding carboxylic acids is 2. The number of ether oxygens (including phenoxy) is 1. The Morgan fingerprint density at radius 3 is 2.40 bits per heavy atom. The van der Waals surface area contributed by atoms with Crippen molar-refractivity contribution in [2.24, 2.45) is 11.8 Å². The molecule has 4 heteroatoms. The fourth-order valence-corrected chi connectivity index (χ4v) is 2.95. The molecule has 1 aliphatic heterocycles. The SMILES string of the molecule is O=CCCN1CC2CC(OC=O)CC2C1. The van der Waals surface area contributed by atoms with Crippen molar-refractivity contribution in [2.75, 3.05) is 19.6 Å². The Kier molecular flexibility index (Phi) is 3.36. The second kappa shape index (κ2) is 4.75. The van der Waals surface area contributed by atoms with Crippen LogP contribution in [-0.2, 0) is 14.3 Å². The van der Waals surface area contributed by atoms with Gasteiger partial charge >= 0.3 is 0 Å². The fraction of sp³-hybridized carbons (Fsp3) is 0.818. The second-order valence-corrected chi connectivity index (χ2v) is 4.56. The predicted molar refractivity (Wildman–Crippen MR) is 54.3 cm³/mol. The highest BCUT2D eigenvalue weighted by atomic mass is 16.5. The van der Waals surface area contributed by atoms with E-state index in [2.05, 4.69) is 4.90 Å². The van der Waals surface area contributed by atoms with E-state index in [1.165, 1.54) is 0 Å². The molecule has 1 saturated heterocycles. The van der Waals surface area contributed by atoms with Crippen LogP contribution in [0.4, 0.5) is 0 Å². The number of hydrogen-bond donors (Lipinski definition) is 0. The highest BCUT2D eigenvalue weighted by molar-refractivity contribution is 5.49. The maximum atomic E-state index is 10.3. The van der Waals surface area contributed by atoms with Gasteiger partial charge in [-0.2, -0.15) is 0 Å². The first kappa shape index (κ1) is 10.6. The zero-order chi connectivity index (χ0) is 10.7. The lowest BCUT2D eigenvalue weighted by Crippen LogP contribution is -2.24. The van der Waals surface area contributed by atoms with Crippen molar-refractivity contribution in [1.29, 1.82) is 0 Å². The van der Waals surface area contributed by atoms with Crippen LogP contribution in [0.15, 0.2) is 0 Å². The van der Waals surface area contributed by atoms with Crippen LogP contribution >= 0.6 is 0 Å². The standard InChI is InChI=1S/C11H17NO3/c13-3-1-2-12-6-9-4-11(15-8-14)5-10(9)7-12/h3,8-11H,1-2,4-7H2. The maximum Gasteiger partial charge on any atom is 0.293 e. The lowest BCUT2D eigenvalue weighted by Gasteiger charge is -2.16. The van der Waals surface area contributed by atoms with Gasteiger partial charge in [-0.25, -0.2) is 0 Å². The summed E-state index contributed by atoms with van der Waals surface area (Å²) in [6, 6.07) is 0. The van der Waals surface area contributed by atoms with Crippen LogP contribution in [0.1, 0.15) is 19.3 Å². The van der Waals surface area contributed by atoms with Crippen LogP contribution < -0.4 is 0 Å². The van der Waals surface area contributed by atoms with Crippen molar-refractivity contribution in [3.63, 3.8) is 0 Å². The maximum absolute atomic E-state index is 10.3. The summed E-state index contributed by atoms with van der Waals surface area (Å²) in [5, 5.41) is 0. The molecular weight excluding hydrogens is 194 g/mol. The Bertz CT molecular complexity index is 230. The summed E-state index contributed by atoms with van der Waals surface area (Å²) < 4.78 is 5.00. The fourth-order valence-electron chi connectivity index (χ4n) is 2.95.